The molecule has 14 heavy (non-hydrogen) atoms. The van der Waals surface area contributed by atoms with Crippen LogP contribution in [0.1, 0.15) is 5.56 Å². The Balaban J connectivity index is 2.19. The monoisotopic (exact) mass is 186 g/mol. The van der Waals surface area contributed by atoms with Gasteiger partial charge in [-0.15, -0.1) is 0 Å². The molecule has 2 nitrogen and oxygen atoms in total. The van der Waals surface area contributed by atoms with Crippen LogP contribution in [0.15, 0.2) is 54.9 Å². The molecule has 0 bridgehead atoms. The van der Waals surface area contributed by atoms with Crippen LogP contribution in [0, 0.1) is 0 Å². The number of aromatic nitrogens is 1. The zero-order chi connectivity index (χ0) is 9.80. The molecule has 0 unspecified atom stereocenters. The Bertz CT molecular complexity index is 412. The molecule has 0 aliphatic heterocycles. The van der Waals surface area contributed by atoms with Crippen molar-refractivity contribution in [1.82, 2.24) is 0 Å². The Kier molecular flexibility index (Phi) is 2.45. The Morgan fingerprint density at radius 1 is 1.00 bits per heavy atom. The van der Waals surface area contributed by atoms with Crippen molar-refractivity contribution >= 4 is 0 Å². The molecule has 0 fully saturated rings. The van der Waals surface area contributed by atoms with Crippen LogP contribution in [-0.4, -0.2) is 5.11 Å². The molecule has 0 spiro atoms. The van der Waals surface area contributed by atoms with Crippen LogP contribution >= 0.6 is 0 Å². The minimum Gasteiger partial charge on any atom is -0.503 e. The molecular formula is C12H12NO+. The van der Waals surface area contributed by atoms with Crippen LogP contribution < -0.4 is 4.57 Å². The summed E-state index contributed by atoms with van der Waals surface area (Å²) in [5.74, 6) is 0.295. The number of nitrogens with zero attached hydrogens (tertiary/aromatic N) is 1. The first-order valence-corrected chi connectivity index (χ1v) is 4.56. The number of pyridine rings is 1. The van der Waals surface area contributed by atoms with E-state index >= 15 is 0 Å². The van der Waals surface area contributed by atoms with Crippen molar-refractivity contribution in [3.63, 3.8) is 0 Å². The van der Waals surface area contributed by atoms with E-state index in [1.54, 1.807) is 12.3 Å². The number of hydrogen-bond donors (Lipinski definition) is 1. The smallest absolute Gasteiger partial charge is 0.211 e. The van der Waals surface area contributed by atoms with Gasteiger partial charge in [-0.05, 0) is 6.07 Å². The van der Waals surface area contributed by atoms with E-state index in [0.29, 0.717) is 5.75 Å². The molecule has 1 aromatic heterocycles. The summed E-state index contributed by atoms with van der Waals surface area (Å²) in [6.45, 7) is 0.787. The highest BCUT2D eigenvalue weighted by atomic mass is 16.3. The molecule has 0 radical (unpaired) electrons. The van der Waals surface area contributed by atoms with Crippen molar-refractivity contribution < 1.29 is 9.67 Å². The SMILES string of the molecule is Oc1ccc[n+](Cc2ccccc2)c1. The van der Waals surface area contributed by atoms with Gasteiger partial charge in [0.25, 0.3) is 0 Å². The molecule has 2 rings (SSSR count). The lowest BCUT2D eigenvalue weighted by molar-refractivity contribution is -0.688. The molecule has 0 saturated carbocycles. The third kappa shape index (κ3) is 2.10. The van der Waals surface area contributed by atoms with E-state index in [2.05, 4.69) is 12.1 Å². The van der Waals surface area contributed by atoms with Crippen molar-refractivity contribution in [2.45, 2.75) is 6.54 Å². The van der Waals surface area contributed by atoms with E-state index in [0.717, 1.165) is 6.54 Å². The summed E-state index contributed by atoms with van der Waals surface area (Å²) in [4.78, 5) is 0. The second kappa shape index (κ2) is 3.92. The van der Waals surface area contributed by atoms with Crippen LogP contribution in [0.2, 0.25) is 0 Å². The normalized spacial score (nSPS) is 10.0. The third-order valence-corrected chi connectivity index (χ3v) is 2.05. The van der Waals surface area contributed by atoms with Crippen molar-refractivity contribution in [3.05, 3.63) is 60.4 Å². The van der Waals surface area contributed by atoms with Gasteiger partial charge in [0, 0.05) is 11.6 Å². The summed E-state index contributed by atoms with van der Waals surface area (Å²) < 4.78 is 1.95. The molecular weight excluding hydrogens is 174 g/mol. The van der Waals surface area contributed by atoms with Crippen molar-refractivity contribution in [1.29, 1.82) is 0 Å². The fraction of sp³-hybridized carbons (Fsp3) is 0.0833. The van der Waals surface area contributed by atoms with Crippen LogP contribution in [0.25, 0.3) is 0 Å². The Hall–Kier alpha value is -1.83. The molecule has 0 saturated heterocycles. The topological polar surface area (TPSA) is 24.1 Å². The lowest BCUT2D eigenvalue weighted by atomic mass is 10.2. The molecule has 0 amide bonds. The summed E-state index contributed by atoms with van der Waals surface area (Å²) in [6, 6.07) is 13.7. The van der Waals surface area contributed by atoms with Gasteiger partial charge in [-0.3, -0.25) is 0 Å². The highest BCUT2D eigenvalue weighted by Crippen LogP contribution is 2.02. The highest BCUT2D eigenvalue weighted by Gasteiger charge is 2.01. The summed E-state index contributed by atoms with van der Waals surface area (Å²) in [6.07, 6.45) is 3.65. The summed E-state index contributed by atoms with van der Waals surface area (Å²) in [7, 11) is 0. The number of aromatic hydroxyl groups is 1. The van der Waals surface area contributed by atoms with E-state index in [1.807, 2.05) is 35.0 Å². The Morgan fingerprint density at radius 3 is 2.50 bits per heavy atom. The molecule has 0 aliphatic carbocycles. The third-order valence-electron chi connectivity index (χ3n) is 2.05. The van der Waals surface area contributed by atoms with Crippen LogP contribution in [0.5, 0.6) is 5.75 Å². The molecule has 0 aliphatic rings. The summed E-state index contributed by atoms with van der Waals surface area (Å²) >= 11 is 0. The number of benzene rings is 1. The van der Waals surface area contributed by atoms with E-state index in [1.165, 1.54) is 5.56 Å². The van der Waals surface area contributed by atoms with Crippen molar-refractivity contribution in [2.75, 3.05) is 0 Å². The zero-order valence-electron chi connectivity index (χ0n) is 7.80. The second-order valence-electron chi connectivity index (χ2n) is 3.22. The average Bonchev–Trinajstić information content (AvgIpc) is 2.19. The van der Waals surface area contributed by atoms with Gasteiger partial charge >= 0.3 is 0 Å². The van der Waals surface area contributed by atoms with Gasteiger partial charge < -0.3 is 5.11 Å². The van der Waals surface area contributed by atoms with E-state index in [9.17, 15) is 5.11 Å². The van der Waals surface area contributed by atoms with Crippen molar-refractivity contribution in [2.24, 2.45) is 0 Å². The number of rotatable bonds is 2. The fourth-order valence-electron chi connectivity index (χ4n) is 1.40. The minimum atomic E-state index is 0.295. The predicted octanol–water partition coefficient (Wildman–Crippen LogP) is 1.73. The zero-order valence-corrected chi connectivity index (χ0v) is 7.80. The fourth-order valence-corrected chi connectivity index (χ4v) is 1.40. The lowest BCUT2D eigenvalue weighted by Gasteiger charge is -1.97. The van der Waals surface area contributed by atoms with Gasteiger partial charge in [-0.2, -0.15) is 4.57 Å². The van der Waals surface area contributed by atoms with E-state index in [-0.39, 0.29) is 0 Å². The second-order valence-corrected chi connectivity index (χ2v) is 3.22. The molecule has 1 aromatic carbocycles. The highest BCUT2D eigenvalue weighted by molar-refractivity contribution is 5.14. The molecule has 1 N–H and O–H groups in total. The summed E-state index contributed by atoms with van der Waals surface area (Å²) in [5.41, 5.74) is 1.23. The first kappa shape index (κ1) is 8.75. The predicted molar refractivity (Wildman–Crippen MR) is 53.8 cm³/mol. The molecule has 2 aromatic rings. The maximum Gasteiger partial charge on any atom is 0.211 e. The van der Waals surface area contributed by atoms with Crippen LogP contribution in [0.3, 0.4) is 0 Å². The van der Waals surface area contributed by atoms with Gasteiger partial charge in [0.05, 0.1) is 0 Å². The quantitative estimate of drug-likeness (QED) is 0.709. The maximum atomic E-state index is 9.27. The van der Waals surface area contributed by atoms with Gasteiger partial charge in [0.1, 0.15) is 0 Å². The van der Waals surface area contributed by atoms with Crippen LogP contribution in [0.4, 0.5) is 0 Å². The Morgan fingerprint density at radius 2 is 1.79 bits per heavy atom. The van der Waals surface area contributed by atoms with Gasteiger partial charge in [-0.25, -0.2) is 0 Å². The molecule has 70 valence electrons. The average molecular weight is 186 g/mol. The lowest BCUT2D eigenvalue weighted by Crippen LogP contribution is -2.32. The first-order valence-electron chi connectivity index (χ1n) is 4.56. The van der Waals surface area contributed by atoms with Crippen molar-refractivity contribution in [3.8, 4) is 5.75 Å². The van der Waals surface area contributed by atoms with E-state index in [4.69, 9.17) is 0 Å². The van der Waals surface area contributed by atoms with Gasteiger partial charge in [-0.1, -0.05) is 30.3 Å². The largest absolute Gasteiger partial charge is 0.503 e. The molecule has 1 heterocycles. The molecule has 2 heteroatoms. The van der Waals surface area contributed by atoms with Gasteiger partial charge in [0.2, 0.25) is 6.20 Å². The standard InChI is InChI=1S/C12H11NO/c14-12-7-4-8-13(10-12)9-11-5-2-1-3-6-11/h1-8,10H,9H2/p+1. The Labute approximate surface area is 83.1 Å². The number of hydrogen-bond acceptors (Lipinski definition) is 1. The van der Waals surface area contributed by atoms with Crippen LogP contribution in [-0.2, 0) is 6.54 Å². The van der Waals surface area contributed by atoms with E-state index < -0.39 is 0 Å². The maximum absolute atomic E-state index is 9.27. The summed E-state index contributed by atoms with van der Waals surface area (Å²) in [5, 5.41) is 9.27. The first-order chi connectivity index (χ1) is 6.84. The molecule has 0 atom stereocenters. The van der Waals surface area contributed by atoms with Gasteiger partial charge in [0.15, 0.2) is 18.5 Å². The minimum absolute atomic E-state index is 0.295.